The standard InChI is InChI=1S/C23H18N2/c1-15-12-18-14-22(17-8-4-3-5-9-17)25-23(20(18)13-16(15)2)19-10-6-7-11-21(19)24-25/h3-14H,1-2H3. The summed E-state index contributed by atoms with van der Waals surface area (Å²) in [6, 6.07) is 25.7. The van der Waals surface area contributed by atoms with Gasteiger partial charge in [0.25, 0.3) is 0 Å². The Balaban J connectivity index is 2.05. The molecule has 0 aliphatic heterocycles. The number of aromatic nitrogens is 2. The Bertz CT molecular complexity index is 1250. The molecule has 2 nitrogen and oxygen atoms in total. The van der Waals surface area contributed by atoms with Gasteiger partial charge in [-0.3, -0.25) is 0 Å². The van der Waals surface area contributed by atoms with Gasteiger partial charge in [-0.05, 0) is 48.6 Å². The summed E-state index contributed by atoms with van der Waals surface area (Å²) in [5, 5.41) is 8.64. The maximum Gasteiger partial charge on any atom is 0.0934 e. The molecule has 0 unspecified atom stereocenters. The number of pyridine rings is 1. The number of fused-ring (bicyclic) bond motifs is 5. The van der Waals surface area contributed by atoms with Crippen LogP contribution in [0.25, 0.3) is 38.4 Å². The van der Waals surface area contributed by atoms with E-state index in [-0.39, 0.29) is 0 Å². The molecule has 3 aromatic carbocycles. The third-order valence-corrected chi connectivity index (χ3v) is 5.09. The lowest BCUT2D eigenvalue weighted by Crippen LogP contribution is -1.96. The van der Waals surface area contributed by atoms with Gasteiger partial charge in [-0.15, -0.1) is 0 Å². The van der Waals surface area contributed by atoms with Crippen molar-refractivity contribution in [3.63, 3.8) is 0 Å². The normalized spacial score (nSPS) is 11.6. The highest BCUT2D eigenvalue weighted by atomic mass is 15.2. The number of aryl methyl sites for hydroxylation is 2. The summed E-state index contributed by atoms with van der Waals surface area (Å²) in [5.41, 5.74) is 7.16. The van der Waals surface area contributed by atoms with E-state index in [1.807, 2.05) is 0 Å². The van der Waals surface area contributed by atoms with E-state index in [9.17, 15) is 0 Å². The van der Waals surface area contributed by atoms with E-state index < -0.39 is 0 Å². The van der Waals surface area contributed by atoms with Crippen LogP contribution in [0, 0.1) is 13.8 Å². The third-order valence-electron chi connectivity index (χ3n) is 5.09. The van der Waals surface area contributed by atoms with Crippen molar-refractivity contribution in [2.45, 2.75) is 13.8 Å². The molecule has 0 saturated carbocycles. The van der Waals surface area contributed by atoms with Crippen LogP contribution in [0.2, 0.25) is 0 Å². The molecule has 0 aliphatic carbocycles. The second-order valence-electron chi connectivity index (χ2n) is 6.70. The molecule has 0 atom stereocenters. The van der Waals surface area contributed by atoms with Gasteiger partial charge in [0.15, 0.2) is 0 Å². The van der Waals surface area contributed by atoms with Crippen molar-refractivity contribution in [2.75, 3.05) is 0 Å². The molecule has 0 saturated heterocycles. The quantitative estimate of drug-likeness (QED) is 0.374. The lowest BCUT2D eigenvalue weighted by atomic mass is 9.99. The van der Waals surface area contributed by atoms with Crippen LogP contribution in [-0.2, 0) is 0 Å². The SMILES string of the molecule is Cc1cc2cc(-c3ccccc3)n3nc4ccccc4c3c2cc1C. The van der Waals surface area contributed by atoms with Crippen LogP contribution < -0.4 is 0 Å². The van der Waals surface area contributed by atoms with Crippen LogP contribution in [0.1, 0.15) is 11.1 Å². The molecule has 2 heterocycles. The molecule has 0 N–H and O–H groups in total. The van der Waals surface area contributed by atoms with Crippen LogP contribution in [0.4, 0.5) is 0 Å². The van der Waals surface area contributed by atoms with Crippen LogP contribution in [0.5, 0.6) is 0 Å². The topological polar surface area (TPSA) is 17.3 Å². The maximum atomic E-state index is 4.91. The predicted molar refractivity (Wildman–Crippen MR) is 105 cm³/mol. The van der Waals surface area contributed by atoms with Crippen molar-refractivity contribution in [3.05, 3.63) is 83.9 Å². The van der Waals surface area contributed by atoms with Gasteiger partial charge in [-0.2, -0.15) is 5.10 Å². The number of benzene rings is 3. The minimum atomic E-state index is 1.03. The van der Waals surface area contributed by atoms with E-state index in [1.165, 1.54) is 38.4 Å². The first-order chi connectivity index (χ1) is 12.2. The molecule has 2 heteroatoms. The lowest BCUT2D eigenvalue weighted by molar-refractivity contribution is 0.996. The fourth-order valence-corrected chi connectivity index (χ4v) is 3.65. The fourth-order valence-electron chi connectivity index (χ4n) is 3.65. The molecule has 0 radical (unpaired) electrons. The molecule has 0 bridgehead atoms. The smallest absolute Gasteiger partial charge is 0.0934 e. The van der Waals surface area contributed by atoms with Crippen molar-refractivity contribution in [3.8, 4) is 11.3 Å². The van der Waals surface area contributed by atoms with Crippen molar-refractivity contribution >= 4 is 27.2 Å². The Morgan fingerprint density at radius 2 is 1.44 bits per heavy atom. The van der Waals surface area contributed by atoms with E-state index in [2.05, 4.69) is 91.2 Å². The van der Waals surface area contributed by atoms with Gasteiger partial charge in [0.05, 0.1) is 16.7 Å². The molecule has 25 heavy (non-hydrogen) atoms. The summed E-state index contributed by atoms with van der Waals surface area (Å²) in [5.74, 6) is 0. The Kier molecular flexibility index (Phi) is 2.95. The zero-order chi connectivity index (χ0) is 17.0. The summed E-state index contributed by atoms with van der Waals surface area (Å²) < 4.78 is 2.11. The average Bonchev–Trinajstić information content (AvgIpc) is 3.03. The van der Waals surface area contributed by atoms with E-state index >= 15 is 0 Å². The summed E-state index contributed by atoms with van der Waals surface area (Å²) in [6.07, 6.45) is 0. The van der Waals surface area contributed by atoms with Crippen molar-refractivity contribution in [2.24, 2.45) is 0 Å². The number of rotatable bonds is 1. The summed E-state index contributed by atoms with van der Waals surface area (Å²) in [6.45, 7) is 4.35. The zero-order valence-corrected chi connectivity index (χ0v) is 14.3. The van der Waals surface area contributed by atoms with Crippen LogP contribution >= 0.6 is 0 Å². The molecular formula is C23H18N2. The van der Waals surface area contributed by atoms with Gasteiger partial charge in [0, 0.05) is 16.3 Å². The van der Waals surface area contributed by atoms with E-state index in [0.29, 0.717) is 0 Å². The van der Waals surface area contributed by atoms with Gasteiger partial charge >= 0.3 is 0 Å². The third kappa shape index (κ3) is 2.07. The van der Waals surface area contributed by atoms with Gasteiger partial charge in [-0.1, -0.05) is 54.6 Å². The lowest BCUT2D eigenvalue weighted by Gasteiger charge is -2.11. The second kappa shape index (κ2) is 5.18. The van der Waals surface area contributed by atoms with E-state index in [4.69, 9.17) is 5.10 Å². The Morgan fingerprint density at radius 3 is 2.28 bits per heavy atom. The summed E-state index contributed by atoms with van der Waals surface area (Å²) in [7, 11) is 0. The van der Waals surface area contributed by atoms with Crippen molar-refractivity contribution in [1.82, 2.24) is 9.61 Å². The number of nitrogens with zero attached hydrogens (tertiary/aromatic N) is 2. The van der Waals surface area contributed by atoms with Crippen molar-refractivity contribution < 1.29 is 0 Å². The first-order valence-corrected chi connectivity index (χ1v) is 8.59. The van der Waals surface area contributed by atoms with Crippen LogP contribution in [0.3, 0.4) is 0 Å². The fraction of sp³-hybridized carbons (Fsp3) is 0.0870. The molecular weight excluding hydrogens is 304 g/mol. The first kappa shape index (κ1) is 14.2. The molecule has 0 aliphatic rings. The minimum absolute atomic E-state index is 1.03. The Morgan fingerprint density at radius 1 is 0.720 bits per heavy atom. The molecule has 5 rings (SSSR count). The van der Waals surface area contributed by atoms with Crippen molar-refractivity contribution in [1.29, 1.82) is 0 Å². The second-order valence-corrected chi connectivity index (χ2v) is 6.70. The highest BCUT2D eigenvalue weighted by Gasteiger charge is 2.14. The summed E-state index contributed by atoms with van der Waals surface area (Å²) in [4.78, 5) is 0. The maximum absolute atomic E-state index is 4.91. The van der Waals surface area contributed by atoms with Crippen LogP contribution in [-0.4, -0.2) is 9.61 Å². The molecule has 5 aromatic rings. The van der Waals surface area contributed by atoms with Gasteiger partial charge in [0.2, 0.25) is 0 Å². The van der Waals surface area contributed by atoms with E-state index in [1.54, 1.807) is 0 Å². The largest absolute Gasteiger partial charge is 0.231 e. The minimum Gasteiger partial charge on any atom is -0.231 e. The zero-order valence-electron chi connectivity index (χ0n) is 14.3. The Labute approximate surface area is 146 Å². The Hall–Kier alpha value is -3.13. The van der Waals surface area contributed by atoms with Crippen LogP contribution in [0.15, 0.2) is 72.8 Å². The van der Waals surface area contributed by atoms with Gasteiger partial charge in [-0.25, -0.2) is 4.52 Å². The highest BCUT2D eigenvalue weighted by Crippen LogP contribution is 2.34. The molecule has 120 valence electrons. The number of hydrogen-bond acceptors (Lipinski definition) is 1. The molecule has 2 aromatic heterocycles. The van der Waals surface area contributed by atoms with Gasteiger partial charge in [0.1, 0.15) is 0 Å². The first-order valence-electron chi connectivity index (χ1n) is 8.59. The monoisotopic (exact) mass is 322 g/mol. The number of hydrogen-bond donors (Lipinski definition) is 0. The molecule has 0 fully saturated rings. The summed E-state index contributed by atoms with van der Waals surface area (Å²) >= 11 is 0. The molecule has 0 spiro atoms. The molecule has 0 amide bonds. The predicted octanol–water partition coefficient (Wildman–Crippen LogP) is 5.92. The average molecular weight is 322 g/mol. The van der Waals surface area contributed by atoms with E-state index in [0.717, 1.165) is 11.2 Å². The highest BCUT2D eigenvalue weighted by molar-refractivity contribution is 6.11. The van der Waals surface area contributed by atoms with Gasteiger partial charge < -0.3 is 0 Å².